The molecule has 2 rings (SSSR count). The number of rotatable bonds is 3. The molecule has 0 bridgehead atoms. The van der Waals surface area contributed by atoms with Crippen molar-refractivity contribution in [1.29, 1.82) is 0 Å². The molecule has 0 saturated carbocycles. The molecule has 1 saturated heterocycles. The number of amides is 2. The molecular formula is C17H24N2O3. The minimum absolute atomic E-state index is 0.109. The van der Waals surface area contributed by atoms with Crippen molar-refractivity contribution in [1.82, 2.24) is 10.2 Å². The fraction of sp³-hybridized carbons (Fsp3) is 0.529. The third-order valence-electron chi connectivity index (χ3n) is 4.36. The van der Waals surface area contributed by atoms with Crippen molar-refractivity contribution in [3.8, 4) is 0 Å². The molecule has 2 atom stereocenters. The summed E-state index contributed by atoms with van der Waals surface area (Å²) >= 11 is 0. The van der Waals surface area contributed by atoms with Crippen LogP contribution in [-0.2, 0) is 4.79 Å². The summed E-state index contributed by atoms with van der Waals surface area (Å²) in [5, 5.41) is 12.2. The van der Waals surface area contributed by atoms with Crippen molar-refractivity contribution in [2.75, 3.05) is 13.1 Å². The number of carboxylic acids is 1. The Balaban J connectivity index is 2.02. The van der Waals surface area contributed by atoms with Crippen LogP contribution in [0.1, 0.15) is 43.0 Å². The molecule has 5 nitrogen and oxygen atoms in total. The van der Waals surface area contributed by atoms with Gasteiger partial charge in [0, 0.05) is 13.1 Å². The molecule has 2 amide bonds. The summed E-state index contributed by atoms with van der Waals surface area (Å²) in [5.74, 6) is -0.842. The minimum Gasteiger partial charge on any atom is -0.481 e. The summed E-state index contributed by atoms with van der Waals surface area (Å²) in [5.41, 5.74) is 2.55. The standard InChI is InChI=1S/C17H24N2O3/c1-11-7-12(2)9-14(8-11)13(3)18-16(22)19-6-5-17(4,10-19)15(20)21/h7-9,13H,5-6,10H2,1-4H3,(H,18,22)(H,20,21). The number of benzene rings is 1. The van der Waals surface area contributed by atoms with Crippen molar-refractivity contribution in [3.63, 3.8) is 0 Å². The van der Waals surface area contributed by atoms with Crippen LogP contribution in [0.3, 0.4) is 0 Å². The molecule has 1 fully saturated rings. The smallest absolute Gasteiger partial charge is 0.317 e. The average Bonchev–Trinajstić information content (AvgIpc) is 2.82. The first kappa shape index (κ1) is 16.3. The van der Waals surface area contributed by atoms with Crippen LogP contribution in [0.4, 0.5) is 4.79 Å². The summed E-state index contributed by atoms with van der Waals surface area (Å²) < 4.78 is 0. The normalized spacial score (nSPS) is 22.5. The van der Waals surface area contributed by atoms with Gasteiger partial charge in [0.2, 0.25) is 0 Å². The quantitative estimate of drug-likeness (QED) is 0.902. The molecule has 1 aliphatic rings. The first-order valence-electron chi connectivity index (χ1n) is 7.58. The number of nitrogens with one attached hydrogen (secondary N) is 1. The molecule has 0 spiro atoms. The number of nitrogens with zero attached hydrogens (tertiary/aromatic N) is 1. The van der Waals surface area contributed by atoms with E-state index >= 15 is 0 Å². The fourth-order valence-electron chi connectivity index (χ4n) is 2.93. The summed E-state index contributed by atoms with van der Waals surface area (Å²) in [6, 6.07) is 5.91. The second-order valence-corrected chi connectivity index (χ2v) is 6.63. The Morgan fingerprint density at radius 1 is 1.27 bits per heavy atom. The molecule has 1 aromatic rings. The highest BCUT2D eigenvalue weighted by atomic mass is 16.4. The third-order valence-corrected chi connectivity index (χ3v) is 4.36. The maximum atomic E-state index is 12.3. The van der Waals surface area contributed by atoms with Gasteiger partial charge >= 0.3 is 12.0 Å². The van der Waals surface area contributed by atoms with E-state index in [2.05, 4.69) is 23.5 Å². The molecule has 0 aromatic heterocycles. The highest BCUT2D eigenvalue weighted by Gasteiger charge is 2.42. The van der Waals surface area contributed by atoms with Gasteiger partial charge in [0.25, 0.3) is 0 Å². The van der Waals surface area contributed by atoms with E-state index in [0.29, 0.717) is 13.0 Å². The molecular weight excluding hydrogens is 280 g/mol. The van der Waals surface area contributed by atoms with Crippen LogP contribution in [0, 0.1) is 19.3 Å². The zero-order valence-electron chi connectivity index (χ0n) is 13.6. The number of carboxylic acid groups (broad SMARTS) is 1. The number of carbonyl (C=O) groups excluding carboxylic acids is 1. The van der Waals surface area contributed by atoms with Gasteiger partial charge in [0.15, 0.2) is 0 Å². The molecule has 5 heteroatoms. The number of urea groups is 1. The number of aliphatic carboxylic acids is 1. The number of aryl methyl sites for hydroxylation is 2. The molecule has 1 aromatic carbocycles. The second-order valence-electron chi connectivity index (χ2n) is 6.63. The van der Waals surface area contributed by atoms with Crippen LogP contribution >= 0.6 is 0 Å². The minimum atomic E-state index is -0.842. The van der Waals surface area contributed by atoms with Crippen molar-refractivity contribution in [2.45, 2.75) is 40.2 Å². The predicted octanol–water partition coefficient (Wildman–Crippen LogP) is 2.87. The van der Waals surface area contributed by atoms with Gasteiger partial charge in [0.05, 0.1) is 11.5 Å². The Morgan fingerprint density at radius 3 is 2.36 bits per heavy atom. The topological polar surface area (TPSA) is 69.6 Å². The maximum Gasteiger partial charge on any atom is 0.317 e. The lowest BCUT2D eigenvalue weighted by Gasteiger charge is -2.23. The molecule has 1 heterocycles. The third kappa shape index (κ3) is 3.40. The van der Waals surface area contributed by atoms with Crippen molar-refractivity contribution in [2.24, 2.45) is 5.41 Å². The first-order chi connectivity index (χ1) is 10.2. The number of likely N-dealkylation sites (tertiary alicyclic amines) is 1. The summed E-state index contributed by atoms with van der Waals surface area (Å²) in [7, 11) is 0. The Kier molecular flexibility index (Phi) is 4.44. The van der Waals surface area contributed by atoms with E-state index in [1.165, 1.54) is 0 Å². The van der Waals surface area contributed by atoms with Gasteiger partial charge in [-0.15, -0.1) is 0 Å². The van der Waals surface area contributed by atoms with E-state index in [-0.39, 0.29) is 18.6 Å². The fourth-order valence-corrected chi connectivity index (χ4v) is 2.93. The first-order valence-corrected chi connectivity index (χ1v) is 7.58. The van der Waals surface area contributed by atoms with Gasteiger partial charge in [-0.2, -0.15) is 0 Å². The van der Waals surface area contributed by atoms with Gasteiger partial charge in [-0.25, -0.2) is 4.79 Å². The predicted molar refractivity (Wildman–Crippen MR) is 84.8 cm³/mol. The van der Waals surface area contributed by atoms with Crippen molar-refractivity contribution >= 4 is 12.0 Å². The zero-order valence-corrected chi connectivity index (χ0v) is 13.6. The Labute approximate surface area is 131 Å². The summed E-state index contributed by atoms with van der Waals surface area (Å²) in [4.78, 5) is 25.2. The SMILES string of the molecule is Cc1cc(C)cc(C(C)NC(=O)N2CCC(C)(C(=O)O)C2)c1. The largest absolute Gasteiger partial charge is 0.481 e. The molecule has 2 unspecified atom stereocenters. The number of hydrogen-bond donors (Lipinski definition) is 2. The van der Waals surface area contributed by atoms with Gasteiger partial charge < -0.3 is 15.3 Å². The average molecular weight is 304 g/mol. The van der Waals surface area contributed by atoms with Crippen LogP contribution in [-0.4, -0.2) is 35.1 Å². The number of carbonyl (C=O) groups is 2. The molecule has 1 aliphatic heterocycles. The van der Waals surface area contributed by atoms with Crippen LogP contribution < -0.4 is 5.32 Å². The second kappa shape index (κ2) is 5.99. The molecule has 0 aliphatic carbocycles. The van der Waals surface area contributed by atoms with Gasteiger partial charge in [-0.05, 0) is 39.7 Å². The molecule has 22 heavy (non-hydrogen) atoms. The lowest BCUT2D eigenvalue weighted by Crippen LogP contribution is -2.41. The number of hydrogen-bond acceptors (Lipinski definition) is 2. The van der Waals surface area contributed by atoms with Crippen LogP contribution in [0.2, 0.25) is 0 Å². The van der Waals surface area contributed by atoms with Crippen LogP contribution in [0.15, 0.2) is 18.2 Å². The lowest BCUT2D eigenvalue weighted by atomic mass is 9.90. The highest BCUT2D eigenvalue weighted by molar-refractivity contribution is 5.79. The monoisotopic (exact) mass is 304 g/mol. The highest BCUT2D eigenvalue weighted by Crippen LogP contribution is 2.30. The van der Waals surface area contributed by atoms with E-state index < -0.39 is 11.4 Å². The molecule has 2 N–H and O–H groups in total. The van der Waals surface area contributed by atoms with Crippen LogP contribution in [0.5, 0.6) is 0 Å². The lowest BCUT2D eigenvalue weighted by molar-refractivity contribution is -0.146. The Bertz CT molecular complexity index is 579. The summed E-state index contributed by atoms with van der Waals surface area (Å²) in [6.07, 6.45) is 0.494. The van der Waals surface area contributed by atoms with Crippen molar-refractivity contribution < 1.29 is 14.7 Å². The van der Waals surface area contributed by atoms with E-state index in [1.807, 2.05) is 20.8 Å². The van der Waals surface area contributed by atoms with Gasteiger partial charge in [0.1, 0.15) is 0 Å². The van der Waals surface area contributed by atoms with E-state index in [9.17, 15) is 14.7 Å². The van der Waals surface area contributed by atoms with Crippen molar-refractivity contribution in [3.05, 3.63) is 34.9 Å². The Hall–Kier alpha value is -2.04. The summed E-state index contributed by atoms with van der Waals surface area (Å²) in [6.45, 7) is 8.43. The zero-order chi connectivity index (χ0) is 16.5. The van der Waals surface area contributed by atoms with Gasteiger partial charge in [-0.1, -0.05) is 29.3 Å². The van der Waals surface area contributed by atoms with Crippen LogP contribution in [0.25, 0.3) is 0 Å². The van der Waals surface area contributed by atoms with E-state index in [1.54, 1.807) is 11.8 Å². The Morgan fingerprint density at radius 2 is 1.86 bits per heavy atom. The van der Waals surface area contributed by atoms with E-state index in [0.717, 1.165) is 16.7 Å². The molecule has 0 radical (unpaired) electrons. The van der Waals surface area contributed by atoms with Gasteiger partial charge in [-0.3, -0.25) is 4.79 Å². The molecule has 120 valence electrons. The van der Waals surface area contributed by atoms with E-state index in [4.69, 9.17) is 0 Å². The maximum absolute atomic E-state index is 12.3.